The van der Waals surface area contributed by atoms with Crippen molar-refractivity contribution in [2.75, 3.05) is 6.61 Å². The first-order chi connectivity index (χ1) is 18.2. The van der Waals surface area contributed by atoms with E-state index in [-0.39, 0.29) is 12.2 Å². The summed E-state index contributed by atoms with van der Waals surface area (Å²) in [5, 5.41) is 1.24. The summed E-state index contributed by atoms with van der Waals surface area (Å²) >= 11 is 13.5. The zero-order valence-electron chi connectivity index (χ0n) is 21.3. The van der Waals surface area contributed by atoms with Crippen LogP contribution in [0.15, 0.2) is 75.7 Å². The number of thiazole rings is 1. The van der Waals surface area contributed by atoms with Gasteiger partial charge in [-0.3, -0.25) is 9.36 Å². The lowest BCUT2D eigenvalue weighted by Crippen LogP contribution is -2.39. The van der Waals surface area contributed by atoms with E-state index < -0.39 is 12.0 Å². The fraction of sp³-hybridized carbons (Fsp3) is 0.207. The smallest absolute Gasteiger partial charge is 0.338 e. The zero-order valence-corrected chi connectivity index (χ0v) is 23.6. The number of allylic oxidation sites excluding steroid dienone is 1. The van der Waals surface area contributed by atoms with E-state index in [1.54, 1.807) is 30.5 Å². The Morgan fingerprint density at radius 1 is 1.05 bits per heavy atom. The molecule has 0 unspecified atom stereocenters. The Kier molecular flexibility index (Phi) is 7.18. The minimum absolute atomic E-state index is 0.219. The van der Waals surface area contributed by atoms with Gasteiger partial charge in [0.05, 0.1) is 28.5 Å². The molecule has 1 atom stereocenters. The fourth-order valence-electron chi connectivity index (χ4n) is 4.81. The molecule has 1 aliphatic heterocycles. The molecule has 0 saturated heterocycles. The van der Waals surface area contributed by atoms with E-state index in [1.807, 2.05) is 62.4 Å². The molecule has 4 aromatic rings. The molecule has 0 radical (unpaired) electrons. The van der Waals surface area contributed by atoms with E-state index in [9.17, 15) is 9.59 Å². The van der Waals surface area contributed by atoms with Gasteiger partial charge in [-0.1, -0.05) is 46.7 Å². The zero-order chi connectivity index (χ0) is 27.1. The Morgan fingerprint density at radius 3 is 2.32 bits per heavy atom. The molecule has 38 heavy (non-hydrogen) atoms. The summed E-state index contributed by atoms with van der Waals surface area (Å²) < 4.78 is 9.58. The Hall–Kier alpha value is -3.39. The van der Waals surface area contributed by atoms with E-state index in [1.165, 1.54) is 11.3 Å². The van der Waals surface area contributed by atoms with Crippen LogP contribution in [0.2, 0.25) is 10.0 Å². The minimum Gasteiger partial charge on any atom is -0.463 e. The van der Waals surface area contributed by atoms with E-state index in [0.717, 1.165) is 28.2 Å². The first kappa shape index (κ1) is 26.2. The average molecular weight is 567 g/mol. The van der Waals surface area contributed by atoms with Crippen molar-refractivity contribution in [1.29, 1.82) is 0 Å². The second-order valence-corrected chi connectivity index (χ2v) is 10.9. The van der Waals surface area contributed by atoms with Gasteiger partial charge >= 0.3 is 5.97 Å². The van der Waals surface area contributed by atoms with Gasteiger partial charge in [0.25, 0.3) is 5.56 Å². The number of fused-ring (bicyclic) bond motifs is 1. The predicted octanol–water partition coefficient (Wildman–Crippen LogP) is 5.51. The number of rotatable bonds is 5. The van der Waals surface area contributed by atoms with Crippen LogP contribution in [-0.2, 0) is 9.53 Å². The SMILES string of the molecule is CCOC(=O)C1=C(C)N=c2s/c(=C/c3cc(C)n(-c4ccc(Cl)cc4)c3C)c(=O)n2[C@@H]1c1ccc(Cl)cc1. The molecule has 5 rings (SSSR count). The highest BCUT2D eigenvalue weighted by Gasteiger charge is 2.33. The molecule has 0 amide bonds. The number of esters is 1. The number of aryl methyl sites for hydroxylation is 1. The second kappa shape index (κ2) is 10.4. The van der Waals surface area contributed by atoms with Crippen molar-refractivity contribution in [1.82, 2.24) is 9.13 Å². The number of carbonyl (C=O) groups is 1. The number of halogens is 2. The molecule has 0 aliphatic carbocycles. The van der Waals surface area contributed by atoms with Crippen LogP contribution in [0.3, 0.4) is 0 Å². The summed E-state index contributed by atoms with van der Waals surface area (Å²) in [4.78, 5) is 32.1. The molecule has 0 saturated carbocycles. The van der Waals surface area contributed by atoms with Crippen LogP contribution in [-0.4, -0.2) is 21.7 Å². The number of benzene rings is 2. The molecular formula is C29H25Cl2N3O3S. The Bertz CT molecular complexity index is 1760. The van der Waals surface area contributed by atoms with Crippen molar-refractivity contribution < 1.29 is 9.53 Å². The molecule has 3 heterocycles. The number of ether oxygens (including phenoxy) is 1. The second-order valence-electron chi connectivity index (χ2n) is 8.99. The van der Waals surface area contributed by atoms with Gasteiger partial charge in [-0.05, 0) is 87.4 Å². The highest BCUT2D eigenvalue weighted by Crippen LogP contribution is 2.31. The molecule has 0 N–H and O–H groups in total. The Morgan fingerprint density at radius 2 is 1.68 bits per heavy atom. The van der Waals surface area contributed by atoms with Crippen molar-refractivity contribution >= 4 is 46.6 Å². The third kappa shape index (κ3) is 4.66. The lowest BCUT2D eigenvalue weighted by Gasteiger charge is -2.24. The summed E-state index contributed by atoms with van der Waals surface area (Å²) in [7, 11) is 0. The molecule has 6 nitrogen and oxygen atoms in total. The van der Waals surface area contributed by atoms with Gasteiger partial charge in [0, 0.05) is 27.1 Å². The van der Waals surface area contributed by atoms with Gasteiger partial charge in [-0.15, -0.1) is 0 Å². The van der Waals surface area contributed by atoms with Crippen molar-refractivity contribution in [3.63, 3.8) is 0 Å². The molecule has 0 fully saturated rings. The first-order valence-corrected chi connectivity index (χ1v) is 13.7. The lowest BCUT2D eigenvalue weighted by atomic mass is 9.96. The van der Waals surface area contributed by atoms with Crippen molar-refractivity contribution in [2.24, 2.45) is 4.99 Å². The molecule has 194 valence electrons. The van der Waals surface area contributed by atoms with Crippen LogP contribution < -0.4 is 14.9 Å². The maximum Gasteiger partial charge on any atom is 0.338 e. The van der Waals surface area contributed by atoms with Gasteiger partial charge in [-0.25, -0.2) is 9.79 Å². The lowest BCUT2D eigenvalue weighted by molar-refractivity contribution is -0.139. The van der Waals surface area contributed by atoms with Gasteiger partial charge in [0.2, 0.25) is 0 Å². The van der Waals surface area contributed by atoms with Crippen molar-refractivity contribution in [3.05, 3.63) is 118 Å². The summed E-state index contributed by atoms with van der Waals surface area (Å²) in [6, 6.07) is 16.1. The minimum atomic E-state index is -0.675. The number of nitrogens with zero attached hydrogens (tertiary/aromatic N) is 3. The predicted molar refractivity (Wildman–Crippen MR) is 152 cm³/mol. The first-order valence-electron chi connectivity index (χ1n) is 12.1. The van der Waals surface area contributed by atoms with Gasteiger partial charge in [0.15, 0.2) is 4.80 Å². The highest BCUT2D eigenvalue weighted by atomic mass is 35.5. The number of aromatic nitrogens is 2. The largest absolute Gasteiger partial charge is 0.463 e. The molecule has 2 aromatic carbocycles. The summed E-state index contributed by atoms with van der Waals surface area (Å²) in [5.41, 5.74) is 5.33. The Balaban J connectivity index is 1.68. The van der Waals surface area contributed by atoms with Crippen molar-refractivity contribution in [3.8, 4) is 5.69 Å². The molecular weight excluding hydrogens is 541 g/mol. The third-order valence-corrected chi connectivity index (χ3v) is 8.03. The molecule has 1 aliphatic rings. The highest BCUT2D eigenvalue weighted by molar-refractivity contribution is 7.07. The number of hydrogen-bond acceptors (Lipinski definition) is 5. The van der Waals surface area contributed by atoms with Crippen LogP contribution in [0, 0.1) is 13.8 Å². The molecule has 0 bridgehead atoms. The number of carbonyl (C=O) groups excluding carboxylic acids is 1. The summed E-state index contributed by atoms with van der Waals surface area (Å²) in [5.74, 6) is -0.491. The summed E-state index contributed by atoms with van der Waals surface area (Å²) in [6.45, 7) is 7.78. The fourth-order valence-corrected chi connectivity index (χ4v) is 6.10. The van der Waals surface area contributed by atoms with E-state index in [4.69, 9.17) is 27.9 Å². The molecule has 2 aromatic heterocycles. The van der Waals surface area contributed by atoms with Gasteiger partial charge in [0.1, 0.15) is 0 Å². The maximum absolute atomic E-state index is 13.9. The van der Waals surface area contributed by atoms with Crippen LogP contribution in [0.25, 0.3) is 11.8 Å². The average Bonchev–Trinajstić information content (AvgIpc) is 3.34. The maximum atomic E-state index is 13.9. The normalized spacial score (nSPS) is 15.4. The van der Waals surface area contributed by atoms with Gasteiger partial charge < -0.3 is 9.30 Å². The topological polar surface area (TPSA) is 65.6 Å². The Labute approximate surface area is 233 Å². The third-order valence-electron chi connectivity index (χ3n) is 6.54. The van der Waals surface area contributed by atoms with Crippen LogP contribution in [0.4, 0.5) is 0 Å². The number of hydrogen-bond donors (Lipinski definition) is 0. The van der Waals surface area contributed by atoms with Crippen LogP contribution in [0.1, 0.15) is 42.4 Å². The van der Waals surface area contributed by atoms with E-state index >= 15 is 0 Å². The standard InChI is InChI=1S/C29H25Cl2N3O3S/c1-5-37-28(36)25-17(3)32-29-34(26(25)19-6-8-21(30)9-7-19)27(35)24(38-29)15-20-14-16(2)33(18(20)4)23-12-10-22(31)11-13-23/h6-15,26H,5H2,1-4H3/b24-15+/t26-/m1/s1. The summed E-state index contributed by atoms with van der Waals surface area (Å²) in [6.07, 6.45) is 1.89. The van der Waals surface area contributed by atoms with Crippen LogP contribution in [0.5, 0.6) is 0 Å². The quantitative estimate of drug-likeness (QED) is 0.299. The van der Waals surface area contributed by atoms with E-state index in [2.05, 4.69) is 9.56 Å². The van der Waals surface area contributed by atoms with Crippen LogP contribution >= 0.6 is 34.5 Å². The molecule has 0 spiro atoms. The van der Waals surface area contributed by atoms with E-state index in [0.29, 0.717) is 30.6 Å². The van der Waals surface area contributed by atoms with Crippen molar-refractivity contribution in [2.45, 2.75) is 33.7 Å². The molecule has 9 heteroatoms. The van der Waals surface area contributed by atoms with Gasteiger partial charge in [-0.2, -0.15) is 0 Å². The monoisotopic (exact) mass is 565 g/mol.